The molecule has 1 aromatic heterocycles. The van der Waals surface area contributed by atoms with Crippen molar-refractivity contribution in [3.05, 3.63) is 83.7 Å². The molecule has 1 saturated heterocycles. The first-order chi connectivity index (χ1) is 15.7. The lowest BCUT2D eigenvalue weighted by atomic mass is 10.2. The fraction of sp³-hybridized carbons (Fsp3) is 0.385. The highest BCUT2D eigenvalue weighted by atomic mass is 16.1. The summed E-state index contributed by atoms with van der Waals surface area (Å²) in [7, 11) is 0. The minimum absolute atomic E-state index is 0.0997. The van der Waals surface area contributed by atoms with Crippen LogP contribution in [0.3, 0.4) is 0 Å². The predicted molar refractivity (Wildman–Crippen MR) is 128 cm³/mol. The molecule has 6 heteroatoms. The summed E-state index contributed by atoms with van der Waals surface area (Å²) < 4.78 is 1.81. The van der Waals surface area contributed by atoms with Crippen molar-refractivity contribution in [2.75, 3.05) is 39.3 Å². The fourth-order valence-corrected chi connectivity index (χ4v) is 4.18. The molecule has 1 fully saturated rings. The summed E-state index contributed by atoms with van der Waals surface area (Å²) in [6, 6.07) is 22.4. The van der Waals surface area contributed by atoms with E-state index < -0.39 is 0 Å². The number of aryl methyl sites for hydroxylation is 1. The third-order valence-electron chi connectivity index (χ3n) is 6.02. The molecule has 2 heterocycles. The van der Waals surface area contributed by atoms with Crippen LogP contribution in [0.25, 0.3) is 5.69 Å². The summed E-state index contributed by atoms with van der Waals surface area (Å²) in [4.78, 5) is 17.6. The number of nitrogens with zero attached hydrogens (tertiary/aromatic N) is 4. The number of carbonyl (C=O) groups is 1. The molecule has 6 nitrogen and oxygen atoms in total. The minimum Gasteiger partial charge on any atom is -0.351 e. The van der Waals surface area contributed by atoms with Crippen molar-refractivity contribution >= 4 is 5.91 Å². The van der Waals surface area contributed by atoms with E-state index in [0.717, 1.165) is 63.5 Å². The van der Waals surface area contributed by atoms with Gasteiger partial charge < -0.3 is 10.2 Å². The summed E-state index contributed by atoms with van der Waals surface area (Å²) in [5.41, 5.74) is 3.78. The summed E-state index contributed by atoms with van der Waals surface area (Å²) >= 11 is 0. The Labute approximate surface area is 190 Å². The molecule has 0 spiro atoms. The molecule has 0 aliphatic carbocycles. The number of carbonyl (C=O) groups excluding carboxylic acids is 1. The first-order valence-electron chi connectivity index (χ1n) is 11.6. The number of rotatable bonds is 9. The average Bonchev–Trinajstić information content (AvgIpc) is 3.23. The van der Waals surface area contributed by atoms with Crippen molar-refractivity contribution in [3.8, 4) is 5.69 Å². The number of piperazine rings is 1. The van der Waals surface area contributed by atoms with Crippen LogP contribution < -0.4 is 5.32 Å². The van der Waals surface area contributed by atoms with Gasteiger partial charge in [0.05, 0.1) is 5.69 Å². The molecule has 1 aliphatic heterocycles. The van der Waals surface area contributed by atoms with Crippen LogP contribution >= 0.6 is 0 Å². The van der Waals surface area contributed by atoms with E-state index in [1.165, 1.54) is 5.56 Å². The molecule has 1 aliphatic rings. The zero-order valence-corrected chi connectivity index (χ0v) is 18.9. The highest BCUT2D eigenvalue weighted by molar-refractivity contribution is 5.92. The van der Waals surface area contributed by atoms with Crippen molar-refractivity contribution in [2.45, 2.75) is 26.3 Å². The summed E-state index contributed by atoms with van der Waals surface area (Å²) in [5, 5.41) is 7.50. The van der Waals surface area contributed by atoms with Gasteiger partial charge in [0.25, 0.3) is 5.91 Å². The third-order valence-corrected chi connectivity index (χ3v) is 6.02. The average molecular weight is 432 g/mol. The van der Waals surface area contributed by atoms with Crippen molar-refractivity contribution in [1.82, 2.24) is 24.9 Å². The molecule has 0 atom stereocenters. The zero-order chi connectivity index (χ0) is 22.2. The van der Waals surface area contributed by atoms with Crippen LogP contribution in [0.2, 0.25) is 0 Å². The second kappa shape index (κ2) is 11.1. The van der Waals surface area contributed by atoms with Crippen LogP contribution in [-0.2, 0) is 6.54 Å². The number of para-hydroxylation sites is 1. The fourth-order valence-electron chi connectivity index (χ4n) is 4.18. The quantitative estimate of drug-likeness (QED) is 0.527. The van der Waals surface area contributed by atoms with Gasteiger partial charge in [-0.25, -0.2) is 4.68 Å². The molecule has 1 amide bonds. The van der Waals surface area contributed by atoms with Crippen LogP contribution in [0.1, 0.15) is 34.6 Å². The molecular formula is C26H33N5O. The molecule has 0 radical (unpaired) electrons. The lowest BCUT2D eigenvalue weighted by molar-refractivity contribution is 0.0945. The lowest BCUT2D eigenvalue weighted by Crippen LogP contribution is -2.46. The van der Waals surface area contributed by atoms with Crippen molar-refractivity contribution < 1.29 is 4.79 Å². The highest BCUT2D eigenvalue weighted by Crippen LogP contribution is 2.12. The van der Waals surface area contributed by atoms with Gasteiger partial charge in [0.1, 0.15) is 0 Å². The van der Waals surface area contributed by atoms with E-state index in [0.29, 0.717) is 12.2 Å². The van der Waals surface area contributed by atoms with Crippen molar-refractivity contribution in [3.63, 3.8) is 0 Å². The Morgan fingerprint density at radius 1 is 0.906 bits per heavy atom. The predicted octanol–water partition coefficient (Wildman–Crippen LogP) is 3.51. The number of unbranched alkanes of at least 4 members (excludes halogenated alkanes) is 1. The van der Waals surface area contributed by atoms with Crippen LogP contribution in [0.4, 0.5) is 0 Å². The van der Waals surface area contributed by atoms with Crippen molar-refractivity contribution in [1.29, 1.82) is 0 Å². The van der Waals surface area contributed by atoms with E-state index in [4.69, 9.17) is 0 Å². The number of hydrogen-bond acceptors (Lipinski definition) is 4. The summed E-state index contributed by atoms with van der Waals surface area (Å²) in [5.74, 6) is -0.0997. The second-order valence-electron chi connectivity index (χ2n) is 8.48. The standard InChI is InChI=1S/C26H33N5O/c1-22-20-25(28-31(22)24-12-6-3-7-13-24)26(32)27-14-8-9-15-29-16-18-30(19-17-29)21-23-10-4-2-5-11-23/h2-7,10-13,20H,8-9,14-19,21H2,1H3,(H,27,32). The second-order valence-corrected chi connectivity index (χ2v) is 8.48. The van der Waals surface area contributed by atoms with Gasteiger partial charge in [-0.15, -0.1) is 0 Å². The van der Waals surface area contributed by atoms with E-state index in [2.05, 4.69) is 50.5 Å². The number of benzene rings is 2. The van der Waals surface area contributed by atoms with Crippen LogP contribution in [0, 0.1) is 6.92 Å². The van der Waals surface area contributed by atoms with Crippen LogP contribution in [0.5, 0.6) is 0 Å². The number of nitrogens with one attached hydrogen (secondary N) is 1. The van der Waals surface area contributed by atoms with Gasteiger partial charge in [-0.2, -0.15) is 5.10 Å². The molecule has 0 unspecified atom stereocenters. The van der Waals surface area contributed by atoms with Gasteiger partial charge in [-0.1, -0.05) is 48.5 Å². The largest absolute Gasteiger partial charge is 0.351 e. The molecule has 3 aromatic rings. The van der Waals surface area contributed by atoms with E-state index in [9.17, 15) is 4.79 Å². The minimum atomic E-state index is -0.0997. The molecule has 0 bridgehead atoms. The smallest absolute Gasteiger partial charge is 0.271 e. The Balaban J connectivity index is 1.13. The van der Waals surface area contributed by atoms with Crippen LogP contribution in [-0.4, -0.2) is 64.8 Å². The van der Waals surface area contributed by atoms with E-state index in [-0.39, 0.29) is 5.91 Å². The molecule has 4 rings (SSSR count). The third kappa shape index (κ3) is 6.05. The molecular weight excluding hydrogens is 398 g/mol. The van der Waals surface area contributed by atoms with Crippen molar-refractivity contribution in [2.24, 2.45) is 0 Å². The topological polar surface area (TPSA) is 53.4 Å². The van der Waals surface area contributed by atoms with Gasteiger partial charge in [-0.05, 0) is 50.1 Å². The van der Waals surface area contributed by atoms with Gasteiger partial charge in [0.2, 0.25) is 0 Å². The number of amides is 1. The summed E-state index contributed by atoms with van der Waals surface area (Å²) in [6.45, 7) is 9.27. The lowest BCUT2D eigenvalue weighted by Gasteiger charge is -2.34. The maximum atomic E-state index is 12.5. The Morgan fingerprint density at radius 3 is 2.28 bits per heavy atom. The SMILES string of the molecule is Cc1cc(C(=O)NCCCCN2CCN(Cc3ccccc3)CC2)nn1-c1ccccc1. The number of hydrogen-bond donors (Lipinski definition) is 1. The summed E-state index contributed by atoms with van der Waals surface area (Å²) in [6.07, 6.45) is 2.07. The molecule has 0 saturated carbocycles. The van der Waals surface area contributed by atoms with E-state index in [1.807, 2.05) is 48.0 Å². The van der Waals surface area contributed by atoms with Gasteiger partial charge in [0, 0.05) is 45.0 Å². The molecule has 1 N–H and O–H groups in total. The zero-order valence-electron chi connectivity index (χ0n) is 18.9. The van der Waals surface area contributed by atoms with E-state index >= 15 is 0 Å². The monoisotopic (exact) mass is 431 g/mol. The molecule has 2 aromatic carbocycles. The van der Waals surface area contributed by atoms with Gasteiger partial charge in [0.15, 0.2) is 5.69 Å². The first kappa shape index (κ1) is 22.2. The number of aromatic nitrogens is 2. The van der Waals surface area contributed by atoms with Gasteiger partial charge >= 0.3 is 0 Å². The Kier molecular flexibility index (Phi) is 7.69. The molecule has 32 heavy (non-hydrogen) atoms. The van der Waals surface area contributed by atoms with Crippen LogP contribution in [0.15, 0.2) is 66.7 Å². The Morgan fingerprint density at radius 2 is 1.56 bits per heavy atom. The van der Waals surface area contributed by atoms with E-state index in [1.54, 1.807) is 0 Å². The maximum absolute atomic E-state index is 12.5. The van der Waals surface area contributed by atoms with Gasteiger partial charge in [-0.3, -0.25) is 9.69 Å². The normalized spacial score (nSPS) is 15.0. The highest BCUT2D eigenvalue weighted by Gasteiger charge is 2.17. The Bertz CT molecular complexity index is 978. The maximum Gasteiger partial charge on any atom is 0.271 e. The first-order valence-corrected chi connectivity index (χ1v) is 11.6. The molecule has 168 valence electrons. The Hall–Kier alpha value is -2.96.